The second-order valence-corrected chi connectivity index (χ2v) is 2.09. The monoisotopic (exact) mass is 169 g/mol. The normalized spacial score (nSPS) is 12.7. The van der Waals surface area contributed by atoms with Crippen molar-refractivity contribution < 1.29 is 4.74 Å². The standard InChI is InChI=1S/C8H7NO.ClH/c1-2-4-8-7(3-1)9-5-6-10-8;/h1-5H,6H2;1H. The smallest absolute Gasteiger partial charge is 0.145 e. The van der Waals surface area contributed by atoms with Crippen LogP contribution in [0.1, 0.15) is 0 Å². The van der Waals surface area contributed by atoms with E-state index in [0.717, 1.165) is 11.4 Å². The average molecular weight is 170 g/mol. The molecule has 0 N–H and O–H groups in total. The second kappa shape index (κ2) is 3.39. The van der Waals surface area contributed by atoms with Gasteiger partial charge in [0.15, 0.2) is 0 Å². The van der Waals surface area contributed by atoms with Gasteiger partial charge in [0.25, 0.3) is 0 Å². The van der Waals surface area contributed by atoms with E-state index in [4.69, 9.17) is 4.74 Å². The van der Waals surface area contributed by atoms with Crippen LogP contribution < -0.4 is 4.74 Å². The van der Waals surface area contributed by atoms with Gasteiger partial charge in [-0.1, -0.05) is 12.1 Å². The van der Waals surface area contributed by atoms with E-state index in [1.165, 1.54) is 0 Å². The topological polar surface area (TPSA) is 21.6 Å². The molecule has 2 nitrogen and oxygen atoms in total. The maximum Gasteiger partial charge on any atom is 0.145 e. The minimum absolute atomic E-state index is 0. The van der Waals surface area contributed by atoms with Gasteiger partial charge in [-0.3, -0.25) is 4.99 Å². The summed E-state index contributed by atoms with van der Waals surface area (Å²) in [5, 5.41) is 0. The van der Waals surface area contributed by atoms with Crippen LogP contribution in [0.3, 0.4) is 0 Å². The van der Waals surface area contributed by atoms with Gasteiger partial charge in [-0.2, -0.15) is 0 Å². The molecule has 1 aliphatic rings. The number of halogens is 1. The van der Waals surface area contributed by atoms with E-state index in [9.17, 15) is 0 Å². The van der Waals surface area contributed by atoms with Crippen LogP contribution >= 0.6 is 12.4 Å². The van der Waals surface area contributed by atoms with E-state index in [1.807, 2.05) is 24.3 Å². The number of hydrogen-bond donors (Lipinski definition) is 0. The molecule has 1 aromatic carbocycles. The highest BCUT2D eigenvalue weighted by atomic mass is 35.5. The van der Waals surface area contributed by atoms with Gasteiger partial charge in [-0.05, 0) is 12.1 Å². The maximum atomic E-state index is 5.27. The number of nitrogens with zero attached hydrogens (tertiary/aromatic N) is 1. The first kappa shape index (κ1) is 8.08. The van der Waals surface area contributed by atoms with Crippen LogP contribution in [-0.2, 0) is 0 Å². The Bertz CT molecular complexity index is 273. The van der Waals surface area contributed by atoms with Crippen molar-refractivity contribution in [3.05, 3.63) is 24.3 Å². The first-order valence-corrected chi connectivity index (χ1v) is 3.21. The fourth-order valence-corrected chi connectivity index (χ4v) is 0.949. The Kier molecular flexibility index (Phi) is 2.49. The summed E-state index contributed by atoms with van der Waals surface area (Å²) in [7, 11) is 0. The van der Waals surface area contributed by atoms with Crippen LogP contribution in [0.4, 0.5) is 5.69 Å². The molecule has 1 aliphatic heterocycles. The molecule has 0 saturated carbocycles. The van der Waals surface area contributed by atoms with Crippen molar-refractivity contribution >= 4 is 24.3 Å². The van der Waals surface area contributed by atoms with Crippen molar-refractivity contribution in [2.75, 3.05) is 6.61 Å². The zero-order chi connectivity index (χ0) is 6.81. The molecule has 11 heavy (non-hydrogen) atoms. The largest absolute Gasteiger partial charge is 0.486 e. The Balaban J connectivity index is 0.000000605. The van der Waals surface area contributed by atoms with E-state index in [2.05, 4.69) is 4.99 Å². The van der Waals surface area contributed by atoms with Gasteiger partial charge in [0.1, 0.15) is 18.0 Å². The number of ether oxygens (including phenoxy) is 1. The Labute approximate surface area is 71.3 Å². The molecular formula is C8H8ClNO. The van der Waals surface area contributed by atoms with E-state index in [1.54, 1.807) is 6.21 Å². The fraction of sp³-hybridized carbons (Fsp3) is 0.125. The molecule has 0 amide bonds. The molecule has 0 atom stereocenters. The lowest BCUT2D eigenvalue weighted by Crippen LogP contribution is -2.01. The first-order valence-electron chi connectivity index (χ1n) is 3.21. The van der Waals surface area contributed by atoms with Crippen molar-refractivity contribution in [1.29, 1.82) is 0 Å². The fourth-order valence-electron chi connectivity index (χ4n) is 0.949. The first-order chi connectivity index (χ1) is 4.97. The third kappa shape index (κ3) is 1.52. The zero-order valence-corrected chi connectivity index (χ0v) is 6.67. The van der Waals surface area contributed by atoms with Crippen LogP contribution in [0, 0.1) is 0 Å². The SMILES string of the molecule is C1=Nc2ccccc2OC1.Cl. The summed E-state index contributed by atoms with van der Waals surface area (Å²) in [4.78, 5) is 4.14. The third-order valence-electron chi connectivity index (χ3n) is 1.41. The number of benzene rings is 1. The molecule has 0 saturated heterocycles. The molecular weight excluding hydrogens is 162 g/mol. The molecule has 58 valence electrons. The van der Waals surface area contributed by atoms with E-state index >= 15 is 0 Å². The maximum absolute atomic E-state index is 5.27. The molecule has 0 spiro atoms. The van der Waals surface area contributed by atoms with Gasteiger partial charge < -0.3 is 4.74 Å². The Morgan fingerprint density at radius 3 is 2.91 bits per heavy atom. The molecule has 1 aromatic rings. The average Bonchev–Trinajstić information content (AvgIpc) is 2.05. The van der Waals surface area contributed by atoms with E-state index in [0.29, 0.717) is 6.61 Å². The molecule has 3 heteroatoms. The molecule has 0 fully saturated rings. The van der Waals surface area contributed by atoms with Crippen LogP contribution in [0.2, 0.25) is 0 Å². The third-order valence-corrected chi connectivity index (χ3v) is 1.41. The minimum atomic E-state index is 0. The van der Waals surface area contributed by atoms with Gasteiger partial charge in [0.2, 0.25) is 0 Å². The van der Waals surface area contributed by atoms with Crippen LogP contribution in [0.15, 0.2) is 29.3 Å². The molecule has 0 radical (unpaired) electrons. The van der Waals surface area contributed by atoms with Gasteiger partial charge in [0.05, 0.1) is 0 Å². The van der Waals surface area contributed by atoms with Gasteiger partial charge in [-0.25, -0.2) is 0 Å². The lowest BCUT2D eigenvalue weighted by molar-refractivity contribution is 0.377. The molecule has 2 rings (SSSR count). The zero-order valence-electron chi connectivity index (χ0n) is 5.86. The van der Waals surface area contributed by atoms with Crippen molar-refractivity contribution in [2.45, 2.75) is 0 Å². The Hall–Kier alpha value is -1.02. The number of aliphatic imine (C=N–C) groups is 1. The lowest BCUT2D eigenvalue weighted by Gasteiger charge is -2.09. The highest BCUT2D eigenvalue weighted by molar-refractivity contribution is 5.85. The lowest BCUT2D eigenvalue weighted by atomic mass is 10.3. The molecule has 0 unspecified atom stereocenters. The molecule has 0 bridgehead atoms. The van der Waals surface area contributed by atoms with E-state index < -0.39 is 0 Å². The quantitative estimate of drug-likeness (QED) is 0.584. The van der Waals surface area contributed by atoms with Crippen molar-refractivity contribution in [3.8, 4) is 5.75 Å². The molecule has 0 aliphatic carbocycles. The van der Waals surface area contributed by atoms with Crippen molar-refractivity contribution in [1.82, 2.24) is 0 Å². The predicted molar refractivity (Wildman–Crippen MR) is 47.3 cm³/mol. The summed E-state index contributed by atoms with van der Waals surface area (Å²) in [6, 6.07) is 7.75. The number of rotatable bonds is 0. The summed E-state index contributed by atoms with van der Waals surface area (Å²) in [5.41, 5.74) is 0.925. The highest BCUT2D eigenvalue weighted by Crippen LogP contribution is 2.27. The highest BCUT2D eigenvalue weighted by Gasteiger charge is 2.02. The van der Waals surface area contributed by atoms with Crippen molar-refractivity contribution in [2.24, 2.45) is 4.99 Å². The Morgan fingerprint density at radius 2 is 2.09 bits per heavy atom. The van der Waals surface area contributed by atoms with Gasteiger partial charge >= 0.3 is 0 Å². The second-order valence-electron chi connectivity index (χ2n) is 2.09. The van der Waals surface area contributed by atoms with Gasteiger partial charge in [-0.15, -0.1) is 12.4 Å². The summed E-state index contributed by atoms with van der Waals surface area (Å²) < 4.78 is 5.27. The number of fused-ring (bicyclic) bond motifs is 1. The molecule has 1 heterocycles. The summed E-state index contributed by atoms with van der Waals surface area (Å²) in [5.74, 6) is 0.880. The summed E-state index contributed by atoms with van der Waals surface area (Å²) in [6.45, 7) is 0.594. The van der Waals surface area contributed by atoms with Crippen LogP contribution in [0.25, 0.3) is 0 Å². The Morgan fingerprint density at radius 1 is 1.27 bits per heavy atom. The van der Waals surface area contributed by atoms with Gasteiger partial charge in [0, 0.05) is 6.21 Å². The number of para-hydroxylation sites is 2. The number of hydrogen-bond acceptors (Lipinski definition) is 2. The molecule has 0 aromatic heterocycles. The summed E-state index contributed by atoms with van der Waals surface area (Å²) >= 11 is 0. The van der Waals surface area contributed by atoms with E-state index in [-0.39, 0.29) is 12.4 Å². The van der Waals surface area contributed by atoms with Crippen molar-refractivity contribution in [3.63, 3.8) is 0 Å². The van der Waals surface area contributed by atoms with Crippen LogP contribution in [-0.4, -0.2) is 12.8 Å². The minimum Gasteiger partial charge on any atom is -0.486 e. The van der Waals surface area contributed by atoms with Crippen LogP contribution in [0.5, 0.6) is 5.75 Å². The summed E-state index contributed by atoms with van der Waals surface area (Å²) in [6.07, 6.45) is 1.77. The predicted octanol–water partition coefficient (Wildman–Crippen LogP) is 2.20.